The van der Waals surface area contributed by atoms with E-state index >= 15 is 0 Å². The van der Waals surface area contributed by atoms with E-state index in [1.165, 1.54) is 22.4 Å². The van der Waals surface area contributed by atoms with Crippen LogP contribution in [0.4, 0.5) is 5.69 Å². The maximum atomic E-state index is 5.62. The molecule has 1 aliphatic rings. The van der Waals surface area contributed by atoms with E-state index in [0.717, 1.165) is 22.8 Å². The van der Waals surface area contributed by atoms with Gasteiger partial charge >= 0.3 is 0 Å². The van der Waals surface area contributed by atoms with Crippen LogP contribution in [0.5, 0.6) is 5.75 Å². The van der Waals surface area contributed by atoms with Crippen molar-refractivity contribution in [2.24, 2.45) is 0 Å². The molecule has 1 aliphatic heterocycles. The lowest BCUT2D eigenvalue weighted by Crippen LogP contribution is -2.41. The lowest BCUT2D eigenvalue weighted by atomic mass is 9.87. The number of hydrogen-bond acceptors (Lipinski definition) is 4. The number of anilines is 1. The summed E-state index contributed by atoms with van der Waals surface area (Å²) in [6.45, 7) is 14.7. The van der Waals surface area contributed by atoms with E-state index in [1.54, 1.807) is 7.11 Å². The maximum absolute atomic E-state index is 5.62. The zero-order valence-corrected chi connectivity index (χ0v) is 20.0. The van der Waals surface area contributed by atoms with Gasteiger partial charge in [0, 0.05) is 27.9 Å². The van der Waals surface area contributed by atoms with Crippen molar-refractivity contribution >= 4 is 35.0 Å². The average molecular weight is 438 g/mol. The number of methoxy groups -OCH3 is 1. The number of fused-ring (bicyclic) bond motifs is 1. The van der Waals surface area contributed by atoms with Gasteiger partial charge in [-0.25, -0.2) is 0 Å². The molecular weight excluding hydrogens is 406 g/mol. The number of ether oxygens (including phenoxy) is 1. The summed E-state index contributed by atoms with van der Waals surface area (Å²) in [6, 6.07) is 15.0. The van der Waals surface area contributed by atoms with E-state index in [2.05, 4.69) is 74.6 Å². The second-order valence-corrected chi connectivity index (χ2v) is 10.2. The fraction of sp³-hybridized carbons (Fsp3) is 0.308. The minimum atomic E-state index is -0.0923. The first-order valence-corrected chi connectivity index (χ1v) is 12.2. The molecule has 0 saturated carbocycles. The van der Waals surface area contributed by atoms with Gasteiger partial charge in [-0.2, -0.15) is 0 Å². The van der Waals surface area contributed by atoms with E-state index in [4.69, 9.17) is 4.74 Å². The predicted molar refractivity (Wildman–Crippen MR) is 138 cm³/mol. The first-order chi connectivity index (χ1) is 14.4. The fourth-order valence-electron chi connectivity index (χ4n) is 3.82. The molecule has 0 aromatic heterocycles. The third kappa shape index (κ3) is 4.65. The molecule has 2 aromatic rings. The molecule has 2 nitrogen and oxygen atoms in total. The van der Waals surface area contributed by atoms with Crippen molar-refractivity contribution in [3.63, 3.8) is 0 Å². The van der Waals surface area contributed by atoms with E-state index in [-0.39, 0.29) is 5.54 Å². The monoisotopic (exact) mass is 437 g/mol. The summed E-state index contributed by atoms with van der Waals surface area (Å²) in [5.41, 5.74) is 6.13. The van der Waals surface area contributed by atoms with Crippen LogP contribution < -0.4 is 9.04 Å². The summed E-state index contributed by atoms with van der Waals surface area (Å²) in [4.78, 5) is 0. The molecule has 0 N–H and O–H groups in total. The van der Waals surface area contributed by atoms with Crippen molar-refractivity contribution in [3.05, 3.63) is 79.4 Å². The van der Waals surface area contributed by atoms with E-state index < -0.39 is 0 Å². The highest BCUT2D eigenvalue weighted by Crippen LogP contribution is 2.47. The van der Waals surface area contributed by atoms with Crippen LogP contribution >= 0.6 is 23.7 Å². The Morgan fingerprint density at radius 3 is 2.50 bits per heavy atom. The molecule has 2 aromatic carbocycles. The summed E-state index contributed by atoms with van der Waals surface area (Å²) in [6.07, 6.45) is 6.37. The Morgan fingerprint density at radius 1 is 1.07 bits per heavy atom. The Balaban J connectivity index is 2.15. The summed E-state index contributed by atoms with van der Waals surface area (Å²) in [5, 5.41) is 0.375. The van der Waals surface area contributed by atoms with E-state index in [0.29, 0.717) is 5.25 Å². The Morgan fingerprint density at radius 2 is 1.80 bits per heavy atom. The number of benzene rings is 2. The van der Waals surface area contributed by atoms with Gasteiger partial charge < -0.3 is 9.04 Å². The molecule has 30 heavy (non-hydrogen) atoms. The summed E-state index contributed by atoms with van der Waals surface area (Å²) in [5.74, 6) is 2.71. The number of thioether (sulfide) groups is 1. The minimum absolute atomic E-state index is 0.0923. The van der Waals surface area contributed by atoms with Crippen LogP contribution in [0.2, 0.25) is 0 Å². The van der Waals surface area contributed by atoms with Crippen molar-refractivity contribution in [1.82, 2.24) is 0 Å². The van der Waals surface area contributed by atoms with Gasteiger partial charge in [-0.05, 0) is 62.1 Å². The van der Waals surface area contributed by atoms with Crippen molar-refractivity contribution in [2.45, 2.75) is 31.6 Å². The van der Waals surface area contributed by atoms with Crippen LogP contribution in [0.25, 0.3) is 16.7 Å². The Kier molecular flexibility index (Phi) is 7.43. The quantitative estimate of drug-likeness (QED) is 0.297. The molecule has 0 aliphatic carbocycles. The number of nitrogens with zero attached hydrogens (tertiary/aromatic N) is 1. The molecule has 3 rings (SSSR count). The van der Waals surface area contributed by atoms with Crippen LogP contribution in [0, 0.1) is 0 Å². The van der Waals surface area contributed by atoms with Crippen molar-refractivity contribution in [1.29, 1.82) is 0 Å². The van der Waals surface area contributed by atoms with Gasteiger partial charge in [-0.3, -0.25) is 0 Å². The Hall–Kier alpha value is -2.04. The molecule has 0 radical (unpaired) electrons. The van der Waals surface area contributed by atoms with Crippen molar-refractivity contribution < 1.29 is 4.74 Å². The highest BCUT2D eigenvalue weighted by atomic mass is 32.2. The summed E-state index contributed by atoms with van der Waals surface area (Å²) >= 11 is 3.73. The van der Waals surface area contributed by atoms with Gasteiger partial charge in [0.25, 0.3) is 0 Å². The van der Waals surface area contributed by atoms with Gasteiger partial charge in [-0.1, -0.05) is 42.5 Å². The average Bonchev–Trinajstić information content (AvgIpc) is 2.75. The van der Waals surface area contributed by atoms with Crippen molar-refractivity contribution in [3.8, 4) is 16.9 Å². The summed E-state index contributed by atoms with van der Waals surface area (Å²) in [7, 11) is 1.73. The van der Waals surface area contributed by atoms with Crippen LogP contribution in [0.15, 0.2) is 73.9 Å². The standard InChI is InChI=1S/C26H31NOS2/c1-7-15-29-19(3)23-18-26(4,5)27(30-16-8-2)24-14-13-20(17-22(23)24)21-11-9-10-12-25(21)28-6/h7-14,17-19H,1-2,15-16H2,3-6H3. The molecule has 0 saturated heterocycles. The molecule has 0 spiro atoms. The maximum Gasteiger partial charge on any atom is 0.126 e. The SMILES string of the molecule is C=CCSC(C)C1=CC(C)(C)N(SCC=C)c2ccc(-c3ccccc3OC)cc21. The highest BCUT2D eigenvalue weighted by molar-refractivity contribution is 8.01. The van der Waals surface area contributed by atoms with Gasteiger partial charge in [-0.15, -0.1) is 24.9 Å². The first kappa shape index (κ1) is 22.6. The molecule has 0 amide bonds. The van der Waals surface area contributed by atoms with Crippen LogP contribution in [-0.4, -0.2) is 29.4 Å². The fourth-order valence-corrected chi connectivity index (χ4v) is 5.56. The largest absolute Gasteiger partial charge is 0.496 e. The molecular formula is C26H31NOS2. The molecule has 1 heterocycles. The second-order valence-electron chi connectivity index (χ2n) is 7.83. The molecule has 1 atom stereocenters. The smallest absolute Gasteiger partial charge is 0.126 e. The number of para-hydroxylation sites is 1. The third-order valence-corrected chi connectivity index (χ3v) is 7.69. The zero-order chi connectivity index (χ0) is 21.7. The van der Waals surface area contributed by atoms with Gasteiger partial charge in [0.05, 0.1) is 18.3 Å². The third-order valence-electron chi connectivity index (χ3n) is 5.20. The topological polar surface area (TPSA) is 12.5 Å². The molecule has 0 fully saturated rings. The molecule has 0 bridgehead atoms. The Labute approximate surface area is 190 Å². The normalized spacial score (nSPS) is 15.7. The second kappa shape index (κ2) is 9.84. The number of rotatable bonds is 9. The highest BCUT2D eigenvalue weighted by Gasteiger charge is 2.34. The number of hydrogen-bond donors (Lipinski definition) is 0. The molecule has 4 heteroatoms. The van der Waals surface area contributed by atoms with E-state index in [9.17, 15) is 0 Å². The lowest BCUT2D eigenvalue weighted by Gasteiger charge is -2.43. The zero-order valence-electron chi connectivity index (χ0n) is 18.4. The van der Waals surface area contributed by atoms with Gasteiger partial charge in [0.15, 0.2) is 0 Å². The molecule has 158 valence electrons. The van der Waals surface area contributed by atoms with Gasteiger partial charge in [0.1, 0.15) is 5.75 Å². The van der Waals surface area contributed by atoms with Crippen LogP contribution in [0.3, 0.4) is 0 Å². The predicted octanol–water partition coefficient (Wildman–Crippen LogP) is 7.49. The Bertz CT molecular complexity index is 948. The summed E-state index contributed by atoms with van der Waals surface area (Å²) < 4.78 is 8.04. The van der Waals surface area contributed by atoms with Gasteiger partial charge in [0.2, 0.25) is 0 Å². The van der Waals surface area contributed by atoms with Crippen molar-refractivity contribution in [2.75, 3.05) is 22.9 Å². The minimum Gasteiger partial charge on any atom is -0.496 e. The lowest BCUT2D eigenvalue weighted by molar-refractivity contribution is 0.416. The van der Waals surface area contributed by atoms with Crippen LogP contribution in [-0.2, 0) is 0 Å². The van der Waals surface area contributed by atoms with Crippen LogP contribution in [0.1, 0.15) is 26.3 Å². The first-order valence-electron chi connectivity index (χ1n) is 10.2. The van der Waals surface area contributed by atoms with E-state index in [1.807, 2.05) is 48.0 Å². The molecule has 1 unspecified atom stereocenters.